The number of carbonyl (C=O) groups excluding carboxylic acids is 2. The van der Waals surface area contributed by atoms with Gasteiger partial charge in [-0.3, -0.25) is 19.7 Å². The Labute approximate surface area is 186 Å². The fourth-order valence-corrected chi connectivity index (χ4v) is 2.95. The molecule has 3 aromatic carbocycles. The molecule has 10 heteroatoms. The van der Waals surface area contributed by atoms with E-state index in [2.05, 4.69) is 10.6 Å². The second-order valence-corrected chi connectivity index (χ2v) is 7.17. The Hall–Kier alpha value is -3.62. The maximum absolute atomic E-state index is 12.5. The first-order valence-electron chi connectivity index (χ1n) is 8.83. The van der Waals surface area contributed by atoms with Gasteiger partial charge in [-0.1, -0.05) is 23.2 Å². The number of halogens is 2. The van der Waals surface area contributed by atoms with Crippen LogP contribution in [0, 0.1) is 10.1 Å². The molecule has 0 saturated heterocycles. The molecular formula is C21H15Cl2N3O5. The van der Waals surface area contributed by atoms with Crippen molar-refractivity contribution in [3.63, 3.8) is 0 Å². The van der Waals surface area contributed by atoms with Crippen molar-refractivity contribution in [2.45, 2.75) is 6.92 Å². The highest BCUT2D eigenvalue weighted by Crippen LogP contribution is 2.33. The number of ether oxygens (including phenoxy) is 1. The van der Waals surface area contributed by atoms with Crippen LogP contribution in [0.2, 0.25) is 10.0 Å². The zero-order valence-corrected chi connectivity index (χ0v) is 17.5. The molecule has 0 aliphatic rings. The van der Waals surface area contributed by atoms with Gasteiger partial charge in [-0.05, 0) is 54.6 Å². The predicted molar refractivity (Wildman–Crippen MR) is 118 cm³/mol. The van der Waals surface area contributed by atoms with E-state index in [1.165, 1.54) is 49.4 Å². The largest absolute Gasteiger partial charge is 0.450 e. The summed E-state index contributed by atoms with van der Waals surface area (Å²) in [6, 6.07) is 14.8. The standard InChI is InChI=1S/C21H15Cl2N3O5/c1-12(27)24-15-5-8-17(23)18(11-15)25-21(28)13-2-6-16(7-3-13)31-20-9-4-14(22)10-19(20)26(29)30/h2-11H,1H3,(H,24,27)(H,25,28). The van der Waals surface area contributed by atoms with E-state index in [0.29, 0.717) is 27.7 Å². The number of rotatable bonds is 6. The van der Waals surface area contributed by atoms with Crippen molar-refractivity contribution < 1.29 is 19.2 Å². The lowest BCUT2D eigenvalue weighted by Gasteiger charge is -2.11. The number of benzene rings is 3. The molecule has 0 atom stereocenters. The molecule has 2 N–H and O–H groups in total. The van der Waals surface area contributed by atoms with Crippen LogP contribution in [-0.4, -0.2) is 16.7 Å². The van der Waals surface area contributed by atoms with E-state index in [1.54, 1.807) is 18.2 Å². The molecule has 0 aliphatic heterocycles. The minimum Gasteiger partial charge on any atom is -0.450 e. The molecule has 0 heterocycles. The maximum atomic E-state index is 12.5. The number of nitro groups is 1. The summed E-state index contributed by atoms with van der Waals surface area (Å²) >= 11 is 11.9. The van der Waals surface area contributed by atoms with Crippen molar-refractivity contribution >= 4 is 52.1 Å². The Morgan fingerprint density at radius 2 is 1.68 bits per heavy atom. The fourth-order valence-electron chi connectivity index (χ4n) is 2.62. The Kier molecular flexibility index (Phi) is 6.74. The van der Waals surface area contributed by atoms with E-state index < -0.39 is 10.8 Å². The van der Waals surface area contributed by atoms with Crippen molar-refractivity contribution in [1.29, 1.82) is 0 Å². The van der Waals surface area contributed by atoms with Crippen molar-refractivity contribution in [2.75, 3.05) is 10.6 Å². The van der Waals surface area contributed by atoms with Crippen LogP contribution >= 0.6 is 23.2 Å². The fraction of sp³-hybridized carbons (Fsp3) is 0.0476. The topological polar surface area (TPSA) is 111 Å². The van der Waals surface area contributed by atoms with Crippen LogP contribution in [0.25, 0.3) is 0 Å². The van der Waals surface area contributed by atoms with Gasteiger partial charge in [0.25, 0.3) is 5.91 Å². The average Bonchev–Trinajstić information content (AvgIpc) is 2.71. The quantitative estimate of drug-likeness (QED) is 0.351. The number of nitrogens with zero attached hydrogens (tertiary/aromatic N) is 1. The van der Waals surface area contributed by atoms with Crippen molar-refractivity contribution in [2.24, 2.45) is 0 Å². The van der Waals surface area contributed by atoms with Crippen molar-refractivity contribution in [3.05, 3.63) is 86.4 Å². The highest BCUT2D eigenvalue weighted by atomic mass is 35.5. The zero-order valence-electron chi connectivity index (χ0n) is 16.0. The van der Waals surface area contributed by atoms with Gasteiger partial charge in [0.15, 0.2) is 0 Å². The van der Waals surface area contributed by atoms with E-state index in [-0.39, 0.29) is 22.4 Å². The second kappa shape index (κ2) is 9.46. The number of nitrogens with one attached hydrogen (secondary N) is 2. The van der Waals surface area contributed by atoms with Gasteiger partial charge < -0.3 is 15.4 Å². The van der Waals surface area contributed by atoms with E-state index in [0.717, 1.165) is 0 Å². The molecule has 0 unspecified atom stereocenters. The molecule has 0 fully saturated rings. The normalized spacial score (nSPS) is 10.3. The van der Waals surface area contributed by atoms with Gasteiger partial charge in [0.2, 0.25) is 11.7 Å². The molecule has 0 radical (unpaired) electrons. The lowest BCUT2D eigenvalue weighted by Crippen LogP contribution is -2.13. The zero-order chi connectivity index (χ0) is 22.5. The second-order valence-electron chi connectivity index (χ2n) is 6.33. The average molecular weight is 460 g/mol. The molecule has 0 spiro atoms. The molecule has 0 bridgehead atoms. The van der Waals surface area contributed by atoms with E-state index in [1.807, 2.05) is 0 Å². The van der Waals surface area contributed by atoms with Gasteiger partial charge in [0, 0.05) is 29.3 Å². The first-order chi connectivity index (χ1) is 14.7. The van der Waals surface area contributed by atoms with Crippen LogP contribution in [-0.2, 0) is 4.79 Å². The number of nitro benzene ring substituents is 1. The predicted octanol–water partition coefficient (Wildman–Crippen LogP) is 5.90. The van der Waals surface area contributed by atoms with E-state index in [4.69, 9.17) is 27.9 Å². The summed E-state index contributed by atoms with van der Waals surface area (Å²) in [5.74, 6) is -0.372. The lowest BCUT2D eigenvalue weighted by atomic mass is 10.2. The van der Waals surface area contributed by atoms with Gasteiger partial charge in [-0.25, -0.2) is 0 Å². The van der Waals surface area contributed by atoms with Crippen LogP contribution < -0.4 is 15.4 Å². The monoisotopic (exact) mass is 459 g/mol. The van der Waals surface area contributed by atoms with Crippen LogP contribution in [0.15, 0.2) is 60.7 Å². The Bertz CT molecular complexity index is 1170. The van der Waals surface area contributed by atoms with Crippen LogP contribution in [0.5, 0.6) is 11.5 Å². The molecule has 31 heavy (non-hydrogen) atoms. The highest BCUT2D eigenvalue weighted by Gasteiger charge is 2.17. The minimum atomic E-state index is -0.595. The van der Waals surface area contributed by atoms with Gasteiger partial charge >= 0.3 is 5.69 Å². The van der Waals surface area contributed by atoms with Gasteiger partial charge in [0.1, 0.15) is 5.75 Å². The molecule has 3 aromatic rings. The summed E-state index contributed by atoms with van der Waals surface area (Å²) in [5.41, 5.74) is 0.845. The summed E-state index contributed by atoms with van der Waals surface area (Å²) in [6.45, 7) is 1.37. The molecule has 0 aliphatic carbocycles. The summed E-state index contributed by atoms with van der Waals surface area (Å²) in [5, 5.41) is 17.0. The number of carbonyl (C=O) groups is 2. The summed E-state index contributed by atoms with van der Waals surface area (Å²) in [4.78, 5) is 34.3. The molecular weight excluding hydrogens is 445 g/mol. The Morgan fingerprint density at radius 3 is 2.32 bits per heavy atom. The van der Waals surface area contributed by atoms with Gasteiger partial charge in [-0.2, -0.15) is 0 Å². The van der Waals surface area contributed by atoms with Crippen LogP contribution in [0.3, 0.4) is 0 Å². The van der Waals surface area contributed by atoms with Gasteiger partial charge in [-0.15, -0.1) is 0 Å². The third-order valence-corrected chi connectivity index (χ3v) is 4.56. The number of anilines is 2. The number of amides is 2. The highest BCUT2D eigenvalue weighted by molar-refractivity contribution is 6.34. The summed E-state index contributed by atoms with van der Waals surface area (Å²) < 4.78 is 5.56. The minimum absolute atomic E-state index is 0.0215. The molecule has 3 rings (SSSR count). The summed E-state index contributed by atoms with van der Waals surface area (Å²) in [7, 11) is 0. The Morgan fingerprint density at radius 1 is 0.968 bits per heavy atom. The van der Waals surface area contributed by atoms with Gasteiger partial charge in [0.05, 0.1) is 15.6 Å². The first-order valence-corrected chi connectivity index (χ1v) is 9.59. The van der Waals surface area contributed by atoms with E-state index in [9.17, 15) is 19.7 Å². The first kappa shape index (κ1) is 22.1. The molecule has 2 amide bonds. The maximum Gasteiger partial charge on any atom is 0.313 e. The number of hydrogen-bond acceptors (Lipinski definition) is 5. The van der Waals surface area contributed by atoms with Crippen LogP contribution in [0.1, 0.15) is 17.3 Å². The third-order valence-electron chi connectivity index (χ3n) is 4.00. The van der Waals surface area contributed by atoms with Crippen LogP contribution in [0.4, 0.5) is 17.1 Å². The van der Waals surface area contributed by atoms with Crippen molar-refractivity contribution in [1.82, 2.24) is 0 Å². The smallest absolute Gasteiger partial charge is 0.313 e. The van der Waals surface area contributed by atoms with Crippen molar-refractivity contribution in [3.8, 4) is 11.5 Å². The molecule has 8 nitrogen and oxygen atoms in total. The van der Waals surface area contributed by atoms with E-state index >= 15 is 0 Å². The molecule has 0 saturated carbocycles. The number of hydrogen-bond donors (Lipinski definition) is 2. The molecule has 158 valence electrons. The summed E-state index contributed by atoms with van der Waals surface area (Å²) in [6.07, 6.45) is 0. The third kappa shape index (κ3) is 5.71. The Balaban J connectivity index is 1.74. The SMILES string of the molecule is CC(=O)Nc1ccc(Cl)c(NC(=O)c2ccc(Oc3ccc(Cl)cc3[N+](=O)[O-])cc2)c1. The lowest BCUT2D eigenvalue weighted by molar-refractivity contribution is -0.385. The molecule has 0 aromatic heterocycles.